The van der Waals surface area contributed by atoms with E-state index in [1.54, 1.807) is 7.05 Å². The highest BCUT2D eigenvalue weighted by atomic mass is 79.9. The zero-order valence-corrected chi connectivity index (χ0v) is 16.1. The van der Waals surface area contributed by atoms with Crippen molar-refractivity contribution in [3.05, 3.63) is 22.2 Å². The number of likely N-dealkylation sites (tertiary alicyclic amines) is 1. The molecule has 1 N–H and O–H groups in total. The van der Waals surface area contributed by atoms with Crippen molar-refractivity contribution in [3.8, 4) is 11.5 Å². The number of benzene rings is 1. The summed E-state index contributed by atoms with van der Waals surface area (Å²) in [4.78, 5) is 18.3. The lowest BCUT2D eigenvalue weighted by Gasteiger charge is -2.21. The number of carbonyl (C=O) groups is 1. The number of fused-ring (bicyclic) bond motifs is 1. The molecule has 3 rings (SSSR count). The van der Waals surface area contributed by atoms with Crippen LogP contribution in [-0.4, -0.2) is 50.9 Å². The molecule has 2 aliphatic heterocycles. The molecule has 0 aliphatic carbocycles. The number of hydrogen-bond donors (Lipinski definition) is 1. The lowest BCUT2D eigenvalue weighted by atomic mass is 9.99. The second-order valence-electron chi connectivity index (χ2n) is 6.22. The van der Waals surface area contributed by atoms with Crippen molar-refractivity contribution >= 4 is 27.9 Å². The number of methoxy groups -OCH3 is 1. The van der Waals surface area contributed by atoms with Crippen molar-refractivity contribution in [1.82, 2.24) is 10.2 Å². The van der Waals surface area contributed by atoms with Gasteiger partial charge in [-0.1, -0.05) is 6.92 Å². The number of rotatable bonds is 3. The predicted octanol–water partition coefficient (Wildman–Crippen LogP) is 1.99. The Morgan fingerprint density at radius 1 is 1.44 bits per heavy atom. The van der Waals surface area contributed by atoms with Crippen LogP contribution in [0.5, 0.6) is 11.5 Å². The number of ether oxygens (including phenoxy) is 3. The fourth-order valence-electron chi connectivity index (χ4n) is 3.23. The molecule has 136 valence electrons. The van der Waals surface area contributed by atoms with Gasteiger partial charge in [0.05, 0.1) is 17.5 Å². The Kier molecular flexibility index (Phi) is 5.36. The molecule has 7 nitrogen and oxygen atoms in total. The van der Waals surface area contributed by atoms with Gasteiger partial charge in [0, 0.05) is 26.7 Å². The topological polar surface area (TPSA) is 72.4 Å². The van der Waals surface area contributed by atoms with Crippen LogP contribution >= 0.6 is 15.9 Å². The summed E-state index contributed by atoms with van der Waals surface area (Å²) in [5.74, 6) is 2.19. The number of guanidine groups is 1. The first-order valence-electron chi connectivity index (χ1n) is 8.15. The third-order valence-corrected chi connectivity index (χ3v) is 5.15. The van der Waals surface area contributed by atoms with E-state index in [9.17, 15) is 4.79 Å². The van der Waals surface area contributed by atoms with Crippen LogP contribution in [0.1, 0.15) is 12.5 Å². The molecular formula is C17H22BrN3O4. The highest BCUT2D eigenvalue weighted by molar-refractivity contribution is 9.10. The molecule has 0 amide bonds. The maximum Gasteiger partial charge on any atom is 0.310 e. The summed E-state index contributed by atoms with van der Waals surface area (Å²) in [6.07, 6.45) is 0. The van der Waals surface area contributed by atoms with E-state index in [1.807, 2.05) is 12.1 Å². The van der Waals surface area contributed by atoms with E-state index in [0.29, 0.717) is 13.1 Å². The van der Waals surface area contributed by atoms with Crippen molar-refractivity contribution in [2.24, 2.45) is 16.8 Å². The van der Waals surface area contributed by atoms with Crippen LogP contribution in [0.3, 0.4) is 0 Å². The monoisotopic (exact) mass is 411 g/mol. The second kappa shape index (κ2) is 7.51. The molecule has 1 aromatic rings. The molecule has 1 aromatic carbocycles. The standard InChI is InChI=1S/C17H22BrN3O4/c1-10-7-21(8-12(10)16(22)23-3)17(19-2)20-6-11-4-13(18)15-14(5-11)24-9-25-15/h4-5,10,12H,6-9H2,1-3H3,(H,19,20). The third kappa shape index (κ3) is 3.68. The number of nitrogens with zero attached hydrogens (tertiary/aromatic N) is 2. The molecule has 2 atom stereocenters. The van der Waals surface area contributed by atoms with Gasteiger partial charge in [-0.3, -0.25) is 9.79 Å². The van der Waals surface area contributed by atoms with Crippen LogP contribution < -0.4 is 14.8 Å². The molecule has 25 heavy (non-hydrogen) atoms. The Bertz CT molecular complexity index is 695. The van der Waals surface area contributed by atoms with Crippen LogP contribution in [0.25, 0.3) is 0 Å². The Labute approximate surface area is 155 Å². The van der Waals surface area contributed by atoms with E-state index >= 15 is 0 Å². The molecule has 0 saturated carbocycles. The summed E-state index contributed by atoms with van der Waals surface area (Å²) in [6.45, 7) is 4.27. The Hall–Kier alpha value is -1.96. The SMILES string of the molecule is CN=C(NCc1cc(Br)c2c(c1)OCO2)N1CC(C)C(C(=O)OC)C1. The van der Waals surface area contributed by atoms with Gasteiger partial charge in [-0.2, -0.15) is 0 Å². The minimum atomic E-state index is -0.162. The molecule has 0 radical (unpaired) electrons. The second-order valence-corrected chi connectivity index (χ2v) is 7.08. The molecular weight excluding hydrogens is 390 g/mol. The first-order chi connectivity index (χ1) is 12.0. The molecule has 2 unspecified atom stereocenters. The van der Waals surface area contributed by atoms with Gasteiger partial charge in [0.15, 0.2) is 17.5 Å². The Balaban J connectivity index is 1.64. The molecule has 0 bridgehead atoms. The van der Waals surface area contributed by atoms with Gasteiger partial charge in [0.1, 0.15) is 0 Å². The van der Waals surface area contributed by atoms with E-state index < -0.39 is 0 Å². The largest absolute Gasteiger partial charge is 0.469 e. The van der Waals surface area contributed by atoms with Crippen LogP contribution in [-0.2, 0) is 16.1 Å². The average Bonchev–Trinajstić information content (AvgIpc) is 3.22. The number of aliphatic imine (C=N–C) groups is 1. The highest BCUT2D eigenvalue weighted by Gasteiger charge is 2.36. The van der Waals surface area contributed by atoms with Gasteiger partial charge in [0.2, 0.25) is 6.79 Å². The highest BCUT2D eigenvalue weighted by Crippen LogP contribution is 2.39. The molecule has 2 aliphatic rings. The number of hydrogen-bond acceptors (Lipinski definition) is 5. The summed E-state index contributed by atoms with van der Waals surface area (Å²) in [5.41, 5.74) is 1.05. The zero-order valence-electron chi connectivity index (χ0n) is 14.5. The number of halogens is 1. The maximum absolute atomic E-state index is 11.9. The Morgan fingerprint density at radius 2 is 2.24 bits per heavy atom. The molecule has 8 heteroatoms. The van der Waals surface area contributed by atoms with Crippen LogP contribution in [0.15, 0.2) is 21.6 Å². The van der Waals surface area contributed by atoms with Gasteiger partial charge in [-0.15, -0.1) is 0 Å². The van der Waals surface area contributed by atoms with Gasteiger partial charge in [-0.25, -0.2) is 0 Å². The summed E-state index contributed by atoms with van der Waals surface area (Å²) >= 11 is 3.50. The summed E-state index contributed by atoms with van der Waals surface area (Å²) in [5, 5.41) is 3.35. The smallest absolute Gasteiger partial charge is 0.310 e. The Morgan fingerprint density at radius 3 is 2.96 bits per heavy atom. The summed E-state index contributed by atoms with van der Waals surface area (Å²) in [7, 11) is 3.18. The van der Waals surface area contributed by atoms with Gasteiger partial charge < -0.3 is 24.4 Å². The summed E-state index contributed by atoms with van der Waals surface area (Å²) in [6, 6.07) is 3.95. The van der Waals surface area contributed by atoms with Crippen molar-refractivity contribution in [2.75, 3.05) is 34.0 Å². The fourth-order valence-corrected chi connectivity index (χ4v) is 3.84. The minimum Gasteiger partial charge on any atom is -0.469 e. The number of carbonyl (C=O) groups excluding carboxylic acids is 1. The zero-order chi connectivity index (χ0) is 18.0. The average molecular weight is 412 g/mol. The van der Waals surface area contributed by atoms with E-state index in [2.05, 4.69) is 38.1 Å². The molecule has 1 saturated heterocycles. The van der Waals surface area contributed by atoms with Gasteiger partial charge in [0.25, 0.3) is 0 Å². The number of esters is 1. The first-order valence-corrected chi connectivity index (χ1v) is 8.94. The minimum absolute atomic E-state index is 0.122. The van der Waals surface area contributed by atoms with E-state index in [-0.39, 0.29) is 24.6 Å². The quantitative estimate of drug-likeness (QED) is 0.465. The lowest BCUT2D eigenvalue weighted by Crippen LogP contribution is -2.40. The third-order valence-electron chi connectivity index (χ3n) is 4.57. The van der Waals surface area contributed by atoms with E-state index in [0.717, 1.165) is 34.0 Å². The van der Waals surface area contributed by atoms with Crippen molar-refractivity contribution < 1.29 is 19.0 Å². The predicted molar refractivity (Wildman–Crippen MR) is 96.7 cm³/mol. The van der Waals surface area contributed by atoms with Gasteiger partial charge >= 0.3 is 5.97 Å². The van der Waals surface area contributed by atoms with Crippen molar-refractivity contribution in [1.29, 1.82) is 0 Å². The van der Waals surface area contributed by atoms with E-state index in [1.165, 1.54) is 7.11 Å². The van der Waals surface area contributed by atoms with E-state index in [4.69, 9.17) is 14.2 Å². The van der Waals surface area contributed by atoms with Crippen molar-refractivity contribution in [3.63, 3.8) is 0 Å². The molecule has 0 aromatic heterocycles. The normalized spacial score (nSPS) is 22.2. The fraction of sp³-hybridized carbons (Fsp3) is 0.529. The molecule has 0 spiro atoms. The van der Waals surface area contributed by atoms with Crippen molar-refractivity contribution in [2.45, 2.75) is 13.5 Å². The van der Waals surface area contributed by atoms with Gasteiger partial charge in [-0.05, 0) is 39.5 Å². The van der Waals surface area contributed by atoms with Crippen LogP contribution in [0, 0.1) is 11.8 Å². The maximum atomic E-state index is 11.9. The van der Waals surface area contributed by atoms with Crippen LogP contribution in [0.2, 0.25) is 0 Å². The first kappa shape index (κ1) is 17.8. The molecule has 1 fully saturated rings. The number of nitrogens with one attached hydrogen (secondary N) is 1. The summed E-state index contributed by atoms with van der Waals surface area (Å²) < 4.78 is 16.6. The van der Waals surface area contributed by atoms with Crippen LogP contribution in [0.4, 0.5) is 0 Å². The molecule has 2 heterocycles. The lowest BCUT2D eigenvalue weighted by molar-refractivity contribution is -0.145.